The molecule has 0 atom stereocenters. The average molecular weight is 265 g/mol. The monoisotopic (exact) mass is 265 g/mol. The molecular formula is C14H19NO2S. The Balaban J connectivity index is 1.80. The van der Waals surface area contributed by atoms with E-state index in [1.165, 1.54) is 5.56 Å². The summed E-state index contributed by atoms with van der Waals surface area (Å²) < 4.78 is 5.52. The summed E-state index contributed by atoms with van der Waals surface area (Å²) >= 11 is 1.90. The molecule has 1 aromatic rings. The van der Waals surface area contributed by atoms with Crippen LogP contribution in [-0.4, -0.2) is 42.0 Å². The number of carbonyl (C=O) groups excluding carboxylic acids is 1. The quantitative estimate of drug-likeness (QED) is 0.836. The number of carbonyl (C=O) groups is 1. The van der Waals surface area contributed by atoms with Gasteiger partial charge in [0.2, 0.25) is 0 Å². The zero-order valence-corrected chi connectivity index (χ0v) is 11.5. The highest BCUT2D eigenvalue weighted by molar-refractivity contribution is 7.99. The van der Waals surface area contributed by atoms with E-state index in [9.17, 15) is 4.79 Å². The van der Waals surface area contributed by atoms with Crippen LogP contribution < -0.4 is 4.74 Å². The van der Waals surface area contributed by atoms with Gasteiger partial charge >= 0.3 is 0 Å². The van der Waals surface area contributed by atoms with Gasteiger partial charge in [-0.05, 0) is 24.1 Å². The molecule has 1 aliphatic heterocycles. The van der Waals surface area contributed by atoms with Crippen LogP contribution in [0.25, 0.3) is 0 Å². The summed E-state index contributed by atoms with van der Waals surface area (Å²) in [4.78, 5) is 13.8. The smallest absolute Gasteiger partial charge is 0.260 e. The lowest BCUT2D eigenvalue weighted by molar-refractivity contribution is -0.132. The van der Waals surface area contributed by atoms with Gasteiger partial charge < -0.3 is 9.64 Å². The molecule has 1 aromatic carbocycles. The molecule has 1 fully saturated rings. The molecule has 0 radical (unpaired) electrons. The molecule has 0 aliphatic carbocycles. The molecule has 0 spiro atoms. The van der Waals surface area contributed by atoms with Crippen molar-refractivity contribution in [1.82, 2.24) is 4.90 Å². The summed E-state index contributed by atoms with van der Waals surface area (Å²) in [5, 5.41) is 0. The highest BCUT2D eigenvalue weighted by Crippen LogP contribution is 2.13. The minimum absolute atomic E-state index is 0.0925. The van der Waals surface area contributed by atoms with Crippen molar-refractivity contribution in [3.63, 3.8) is 0 Å². The molecule has 1 amide bonds. The van der Waals surface area contributed by atoms with Gasteiger partial charge in [0.1, 0.15) is 5.75 Å². The molecule has 18 heavy (non-hydrogen) atoms. The number of amides is 1. The summed E-state index contributed by atoms with van der Waals surface area (Å²) in [5.41, 5.74) is 1.28. The maximum absolute atomic E-state index is 11.9. The highest BCUT2D eigenvalue weighted by atomic mass is 32.2. The van der Waals surface area contributed by atoms with Crippen molar-refractivity contribution in [2.24, 2.45) is 0 Å². The van der Waals surface area contributed by atoms with Gasteiger partial charge in [-0.1, -0.05) is 19.1 Å². The van der Waals surface area contributed by atoms with Crippen LogP contribution in [0.4, 0.5) is 0 Å². The van der Waals surface area contributed by atoms with Crippen molar-refractivity contribution < 1.29 is 9.53 Å². The van der Waals surface area contributed by atoms with Gasteiger partial charge in [0.05, 0.1) is 0 Å². The number of hydrogen-bond acceptors (Lipinski definition) is 3. The Morgan fingerprint density at radius 3 is 2.56 bits per heavy atom. The molecule has 0 saturated carbocycles. The second-order valence-corrected chi connectivity index (χ2v) is 5.50. The van der Waals surface area contributed by atoms with Crippen molar-refractivity contribution in [3.05, 3.63) is 29.8 Å². The van der Waals surface area contributed by atoms with Crippen LogP contribution in [0.5, 0.6) is 5.75 Å². The van der Waals surface area contributed by atoms with Crippen molar-refractivity contribution in [2.45, 2.75) is 13.3 Å². The molecule has 98 valence electrons. The summed E-state index contributed by atoms with van der Waals surface area (Å²) in [6, 6.07) is 7.94. The zero-order valence-electron chi connectivity index (χ0n) is 10.7. The second kappa shape index (κ2) is 6.69. The second-order valence-electron chi connectivity index (χ2n) is 4.28. The fourth-order valence-corrected chi connectivity index (χ4v) is 2.77. The molecule has 1 heterocycles. The van der Waals surface area contributed by atoms with Gasteiger partial charge in [-0.3, -0.25) is 4.79 Å². The Morgan fingerprint density at radius 1 is 1.28 bits per heavy atom. The number of thioether (sulfide) groups is 1. The first kappa shape index (κ1) is 13.3. The Morgan fingerprint density at radius 2 is 1.94 bits per heavy atom. The molecule has 3 nitrogen and oxygen atoms in total. The predicted molar refractivity (Wildman–Crippen MR) is 75.2 cm³/mol. The molecule has 0 aromatic heterocycles. The number of ether oxygens (including phenoxy) is 1. The summed E-state index contributed by atoms with van der Waals surface area (Å²) in [5.74, 6) is 2.94. The van der Waals surface area contributed by atoms with E-state index >= 15 is 0 Å². The SMILES string of the molecule is CCc1ccc(OCC(=O)N2CCSCC2)cc1. The summed E-state index contributed by atoms with van der Waals surface area (Å²) in [6.45, 7) is 3.97. The topological polar surface area (TPSA) is 29.5 Å². The van der Waals surface area contributed by atoms with Crippen LogP contribution in [0, 0.1) is 0 Å². The van der Waals surface area contributed by atoms with E-state index in [0.717, 1.165) is 36.8 Å². The molecule has 0 N–H and O–H groups in total. The van der Waals surface area contributed by atoms with E-state index in [1.54, 1.807) is 0 Å². The molecule has 1 saturated heterocycles. The van der Waals surface area contributed by atoms with E-state index in [0.29, 0.717) is 0 Å². The Kier molecular flexibility index (Phi) is 4.93. The van der Waals surface area contributed by atoms with Crippen LogP contribution in [0.2, 0.25) is 0 Å². The normalized spacial score (nSPS) is 15.5. The first-order valence-electron chi connectivity index (χ1n) is 6.37. The molecular weight excluding hydrogens is 246 g/mol. The first-order chi connectivity index (χ1) is 8.79. The summed E-state index contributed by atoms with van der Waals surface area (Å²) in [7, 11) is 0. The molecule has 4 heteroatoms. The molecule has 0 unspecified atom stereocenters. The lowest BCUT2D eigenvalue weighted by Gasteiger charge is -2.26. The standard InChI is InChI=1S/C14H19NO2S/c1-2-12-3-5-13(6-4-12)17-11-14(16)15-7-9-18-10-8-15/h3-6H,2,7-11H2,1H3. The third kappa shape index (κ3) is 3.67. The minimum Gasteiger partial charge on any atom is -0.484 e. The lowest BCUT2D eigenvalue weighted by Crippen LogP contribution is -2.40. The predicted octanol–water partition coefficient (Wildman–Crippen LogP) is 2.20. The zero-order chi connectivity index (χ0) is 12.8. The molecule has 0 bridgehead atoms. The number of hydrogen-bond donors (Lipinski definition) is 0. The Labute approximate surface area is 113 Å². The van der Waals surface area contributed by atoms with Crippen LogP contribution in [0.3, 0.4) is 0 Å². The third-order valence-electron chi connectivity index (χ3n) is 3.06. The van der Waals surface area contributed by atoms with E-state index in [4.69, 9.17) is 4.74 Å². The highest BCUT2D eigenvalue weighted by Gasteiger charge is 2.16. The van der Waals surface area contributed by atoms with Gasteiger partial charge in [-0.15, -0.1) is 0 Å². The largest absolute Gasteiger partial charge is 0.484 e. The van der Waals surface area contributed by atoms with Crippen molar-refractivity contribution in [2.75, 3.05) is 31.2 Å². The number of benzene rings is 1. The fraction of sp³-hybridized carbons (Fsp3) is 0.500. The number of nitrogens with zero attached hydrogens (tertiary/aromatic N) is 1. The van der Waals surface area contributed by atoms with Crippen molar-refractivity contribution in [3.8, 4) is 5.75 Å². The van der Waals surface area contributed by atoms with Crippen molar-refractivity contribution in [1.29, 1.82) is 0 Å². The van der Waals surface area contributed by atoms with Crippen LogP contribution in [-0.2, 0) is 11.2 Å². The van der Waals surface area contributed by atoms with Gasteiger partial charge in [-0.2, -0.15) is 11.8 Å². The van der Waals surface area contributed by atoms with E-state index in [-0.39, 0.29) is 12.5 Å². The van der Waals surface area contributed by atoms with Crippen LogP contribution in [0.1, 0.15) is 12.5 Å². The van der Waals surface area contributed by atoms with Gasteiger partial charge in [0, 0.05) is 24.6 Å². The average Bonchev–Trinajstić information content (AvgIpc) is 2.46. The lowest BCUT2D eigenvalue weighted by atomic mass is 10.2. The number of aryl methyl sites for hydroxylation is 1. The first-order valence-corrected chi connectivity index (χ1v) is 7.52. The van der Waals surface area contributed by atoms with Crippen LogP contribution in [0.15, 0.2) is 24.3 Å². The molecule has 2 rings (SSSR count). The van der Waals surface area contributed by atoms with Gasteiger partial charge in [-0.25, -0.2) is 0 Å². The van der Waals surface area contributed by atoms with E-state index in [1.807, 2.05) is 40.9 Å². The Hall–Kier alpha value is -1.16. The van der Waals surface area contributed by atoms with Gasteiger partial charge in [0.25, 0.3) is 5.91 Å². The van der Waals surface area contributed by atoms with Crippen LogP contribution >= 0.6 is 11.8 Å². The maximum Gasteiger partial charge on any atom is 0.260 e. The minimum atomic E-state index is 0.0925. The van der Waals surface area contributed by atoms with E-state index < -0.39 is 0 Å². The third-order valence-corrected chi connectivity index (χ3v) is 4.00. The van der Waals surface area contributed by atoms with Crippen molar-refractivity contribution >= 4 is 17.7 Å². The molecule has 1 aliphatic rings. The van der Waals surface area contributed by atoms with Gasteiger partial charge in [0.15, 0.2) is 6.61 Å². The number of rotatable bonds is 4. The Bertz CT molecular complexity index is 385. The maximum atomic E-state index is 11.9. The fourth-order valence-electron chi connectivity index (χ4n) is 1.87. The van der Waals surface area contributed by atoms with E-state index in [2.05, 4.69) is 6.92 Å². The summed E-state index contributed by atoms with van der Waals surface area (Å²) in [6.07, 6.45) is 1.02.